The molecule has 2 aliphatic rings. The van der Waals surface area contributed by atoms with Crippen LogP contribution in [0.1, 0.15) is 44.7 Å². The van der Waals surface area contributed by atoms with E-state index in [0.29, 0.717) is 22.9 Å². The molecule has 1 aromatic rings. The molecule has 1 fully saturated rings. The van der Waals surface area contributed by atoms with E-state index >= 15 is 0 Å². The Morgan fingerprint density at radius 2 is 2.08 bits per heavy atom. The minimum Gasteiger partial charge on any atom is -0.496 e. The third kappa shape index (κ3) is 3.72. The van der Waals surface area contributed by atoms with Crippen molar-refractivity contribution in [1.82, 2.24) is 10.6 Å². The van der Waals surface area contributed by atoms with Crippen molar-refractivity contribution in [1.29, 1.82) is 0 Å². The Balaban J connectivity index is 1.91. The summed E-state index contributed by atoms with van der Waals surface area (Å²) in [5, 5.41) is 5.50. The van der Waals surface area contributed by atoms with Crippen LogP contribution in [0.5, 0.6) is 5.75 Å². The fourth-order valence-electron chi connectivity index (χ4n) is 3.56. The number of carbonyl (C=O) groups excluding carboxylic acids is 2. The Morgan fingerprint density at radius 1 is 1.31 bits per heavy atom. The summed E-state index contributed by atoms with van der Waals surface area (Å²) in [7, 11) is 1.59. The number of benzene rings is 1. The van der Waals surface area contributed by atoms with Crippen LogP contribution in [0.15, 0.2) is 33.9 Å². The molecule has 3 rings (SSSR count). The van der Waals surface area contributed by atoms with Gasteiger partial charge >= 0.3 is 12.0 Å². The first-order valence-corrected chi connectivity index (χ1v) is 9.52. The molecule has 0 aromatic heterocycles. The molecule has 3 atom stereocenters. The molecular weight excluding hydrogens is 400 g/mol. The first kappa shape index (κ1) is 18.8. The van der Waals surface area contributed by atoms with Gasteiger partial charge in [-0.15, -0.1) is 0 Å². The van der Waals surface area contributed by atoms with Crippen LogP contribution >= 0.6 is 15.9 Å². The van der Waals surface area contributed by atoms with Gasteiger partial charge in [0.15, 0.2) is 0 Å². The maximum Gasteiger partial charge on any atom is 0.338 e. The lowest BCUT2D eigenvalue weighted by Crippen LogP contribution is -2.45. The van der Waals surface area contributed by atoms with E-state index in [4.69, 9.17) is 9.47 Å². The smallest absolute Gasteiger partial charge is 0.338 e. The zero-order valence-corrected chi connectivity index (χ0v) is 16.7. The second kappa shape index (κ2) is 7.70. The number of urea groups is 1. The molecule has 140 valence electrons. The molecule has 1 aliphatic heterocycles. The van der Waals surface area contributed by atoms with Crippen molar-refractivity contribution < 1.29 is 19.1 Å². The number of ether oxygens (including phenoxy) is 2. The molecule has 2 N–H and O–H groups in total. The van der Waals surface area contributed by atoms with E-state index in [1.807, 2.05) is 12.1 Å². The number of hydrogen-bond donors (Lipinski definition) is 2. The number of carbonyl (C=O) groups is 2. The summed E-state index contributed by atoms with van der Waals surface area (Å²) in [5.74, 6) is 0.656. The number of methoxy groups -OCH3 is 1. The summed E-state index contributed by atoms with van der Waals surface area (Å²) >= 11 is 3.45. The van der Waals surface area contributed by atoms with E-state index < -0.39 is 6.04 Å². The second-order valence-corrected chi connectivity index (χ2v) is 7.67. The van der Waals surface area contributed by atoms with E-state index in [2.05, 4.69) is 33.5 Å². The van der Waals surface area contributed by atoms with Gasteiger partial charge in [-0.2, -0.15) is 0 Å². The van der Waals surface area contributed by atoms with Crippen molar-refractivity contribution >= 4 is 27.9 Å². The molecule has 1 aliphatic carbocycles. The Kier molecular flexibility index (Phi) is 5.55. The lowest BCUT2D eigenvalue weighted by molar-refractivity contribution is -0.146. The van der Waals surface area contributed by atoms with Gasteiger partial charge in [-0.1, -0.05) is 13.0 Å². The summed E-state index contributed by atoms with van der Waals surface area (Å²) in [6.07, 6.45) is 2.96. The van der Waals surface area contributed by atoms with Gasteiger partial charge < -0.3 is 20.1 Å². The molecule has 1 aromatic carbocycles. The molecule has 6 nitrogen and oxygen atoms in total. The van der Waals surface area contributed by atoms with Gasteiger partial charge in [-0.25, -0.2) is 9.59 Å². The van der Waals surface area contributed by atoms with Crippen LogP contribution in [-0.4, -0.2) is 25.2 Å². The Morgan fingerprint density at radius 3 is 2.69 bits per heavy atom. The van der Waals surface area contributed by atoms with Crippen molar-refractivity contribution in [3.05, 3.63) is 39.5 Å². The minimum absolute atomic E-state index is 0.0660. The van der Waals surface area contributed by atoms with Crippen LogP contribution < -0.4 is 15.4 Å². The summed E-state index contributed by atoms with van der Waals surface area (Å²) < 4.78 is 11.8. The summed E-state index contributed by atoms with van der Waals surface area (Å²) in [6, 6.07) is 4.55. The molecule has 0 radical (unpaired) electrons. The van der Waals surface area contributed by atoms with Crippen LogP contribution in [0.2, 0.25) is 0 Å². The van der Waals surface area contributed by atoms with Gasteiger partial charge in [0.25, 0.3) is 0 Å². The van der Waals surface area contributed by atoms with Crippen LogP contribution in [0.4, 0.5) is 4.79 Å². The number of rotatable bonds is 4. The second-order valence-electron chi connectivity index (χ2n) is 6.82. The molecule has 26 heavy (non-hydrogen) atoms. The average Bonchev–Trinajstić information content (AvgIpc) is 2.98. The minimum atomic E-state index is -0.574. The monoisotopic (exact) mass is 422 g/mol. The SMILES string of the molecule is COc1ccc([C@@H]2NC(=O)NC(C)=C2C(=O)O[C@@H]2CCC[C@H]2C)cc1Br. The van der Waals surface area contributed by atoms with E-state index in [1.54, 1.807) is 20.1 Å². The zero-order valence-electron chi connectivity index (χ0n) is 15.1. The van der Waals surface area contributed by atoms with Gasteiger partial charge in [0, 0.05) is 5.70 Å². The third-order valence-electron chi connectivity index (χ3n) is 5.04. The van der Waals surface area contributed by atoms with Crippen LogP contribution in [0.25, 0.3) is 0 Å². The van der Waals surface area contributed by atoms with Gasteiger partial charge in [0.2, 0.25) is 0 Å². The predicted octanol–water partition coefficient (Wildman–Crippen LogP) is 3.82. The summed E-state index contributed by atoms with van der Waals surface area (Å²) in [4.78, 5) is 24.9. The molecule has 1 heterocycles. The predicted molar refractivity (Wildman–Crippen MR) is 101 cm³/mol. The molecule has 1 saturated carbocycles. The Labute approximate surface area is 161 Å². The first-order valence-electron chi connectivity index (χ1n) is 8.73. The van der Waals surface area contributed by atoms with Crippen molar-refractivity contribution in [2.75, 3.05) is 7.11 Å². The van der Waals surface area contributed by atoms with Crippen molar-refractivity contribution in [3.63, 3.8) is 0 Å². The molecule has 0 saturated heterocycles. The van der Waals surface area contributed by atoms with Crippen molar-refractivity contribution in [3.8, 4) is 5.75 Å². The Bertz CT molecular complexity index is 762. The lowest BCUT2D eigenvalue weighted by Gasteiger charge is -2.29. The third-order valence-corrected chi connectivity index (χ3v) is 5.66. The van der Waals surface area contributed by atoms with E-state index in [1.165, 1.54) is 0 Å². The number of allylic oxidation sites excluding steroid dienone is 1. The number of nitrogens with one attached hydrogen (secondary N) is 2. The van der Waals surface area contributed by atoms with Gasteiger partial charge in [0.1, 0.15) is 11.9 Å². The molecule has 7 heteroatoms. The van der Waals surface area contributed by atoms with Crippen molar-refractivity contribution in [2.45, 2.75) is 45.3 Å². The van der Waals surface area contributed by atoms with Gasteiger partial charge in [-0.05, 0) is 65.7 Å². The highest BCUT2D eigenvalue weighted by Crippen LogP contribution is 2.34. The topological polar surface area (TPSA) is 76.7 Å². The average molecular weight is 423 g/mol. The quantitative estimate of drug-likeness (QED) is 0.722. The van der Waals surface area contributed by atoms with E-state index in [-0.39, 0.29) is 18.1 Å². The van der Waals surface area contributed by atoms with Crippen LogP contribution in [0, 0.1) is 5.92 Å². The summed E-state index contributed by atoms with van der Waals surface area (Å²) in [5.41, 5.74) is 1.72. The molecule has 2 amide bonds. The number of amides is 2. The normalized spacial score (nSPS) is 25.5. The maximum absolute atomic E-state index is 12.9. The van der Waals surface area contributed by atoms with Crippen LogP contribution in [-0.2, 0) is 9.53 Å². The number of esters is 1. The first-order chi connectivity index (χ1) is 12.4. The number of hydrogen-bond acceptors (Lipinski definition) is 4. The van der Waals surface area contributed by atoms with E-state index in [0.717, 1.165) is 29.3 Å². The van der Waals surface area contributed by atoms with E-state index in [9.17, 15) is 9.59 Å². The highest BCUT2D eigenvalue weighted by molar-refractivity contribution is 9.10. The highest BCUT2D eigenvalue weighted by Gasteiger charge is 2.35. The maximum atomic E-state index is 12.9. The summed E-state index contributed by atoms with van der Waals surface area (Å²) in [6.45, 7) is 3.82. The highest BCUT2D eigenvalue weighted by atomic mass is 79.9. The largest absolute Gasteiger partial charge is 0.496 e. The van der Waals surface area contributed by atoms with Gasteiger partial charge in [0.05, 0.1) is 23.2 Å². The lowest BCUT2D eigenvalue weighted by atomic mass is 9.95. The molecule has 0 unspecified atom stereocenters. The van der Waals surface area contributed by atoms with Crippen LogP contribution in [0.3, 0.4) is 0 Å². The standard InChI is InChI=1S/C19H23BrN2O4/c1-10-5-4-6-14(10)26-18(23)16-11(2)21-19(24)22-17(16)12-7-8-15(25-3)13(20)9-12/h7-10,14,17H,4-6H2,1-3H3,(H2,21,22,24)/t10-,14-,17+/m1/s1. The Hall–Kier alpha value is -2.02. The van der Waals surface area contributed by atoms with Crippen molar-refractivity contribution in [2.24, 2.45) is 5.92 Å². The zero-order chi connectivity index (χ0) is 18.8. The molecule has 0 spiro atoms. The molecular formula is C19H23BrN2O4. The molecule has 0 bridgehead atoms. The fraction of sp³-hybridized carbons (Fsp3) is 0.474. The number of halogens is 1. The fourth-order valence-corrected chi connectivity index (χ4v) is 4.12. The van der Waals surface area contributed by atoms with Gasteiger partial charge in [-0.3, -0.25) is 0 Å².